The number of likely N-dealkylation sites (tertiary alicyclic amines) is 1. The van der Waals surface area contributed by atoms with Gasteiger partial charge in [-0.05, 0) is 68.2 Å². The molecule has 1 saturated heterocycles. The second kappa shape index (κ2) is 10.4. The van der Waals surface area contributed by atoms with Crippen LogP contribution in [0.2, 0.25) is 0 Å². The van der Waals surface area contributed by atoms with Gasteiger partial charge in [0.2, 0.25) is 0 Å². The van der Waals surface area contributed by atoms with E-state index in [4.69, 9.17) is 0 Å². The van der Waals surface area contributed by atoms with E-state index in [-0.39, 0.29) is 11.8 Å². The lowest BCUT2D eigenvalue weighted by Gasteiger charge is -2.32. The molecule has 0 aliphatic carbocycles. The predicted octanol–water partition coefficient (Wildman–Crippen LogP) is 3.03. The van der Waals surface area contributed by atoms with Crippen molar-refractivity contribution < 1.29 is 14.4 Å². The van der Waals surface area contributed by atoms with Crippen LogP contribution in [0.4, 0.5) is 5.69 Å². The number of piperidine rings is 1. The number of carbonyl (C=O) groups excluding carboxylic acids is 3. The Morgan fingerprint density at radius 2 is 1.84 bits per heavy atom. The van der Waals surface area contributed by atoms with Gasteiger partial charge in [-0.1, -0.05) is 12.1 Å². The Balaban J connectivity index is 1.46. The van der Waals surface area contributed by atoms with E-state index in [2.05, 4.69) is 15.6 Å². The average molecular weight is 441 g/mol. The maximum absolute atomic E-state index is 12.8. The van der Waals surface area contributed by atoms with Crippen molar-refractivity contribution >= 4 is 35.2 Å². The summed E-state index contributed by atoms with van der Waals surface area (Å²) in [7, 11) is 0. The molecule has 1 fully saturated rings. The number of rotatable bonds is 5. The van der Waals surface area contributed by atoms with Crippen LogP contribution < -0.4 is 10.6 Å². The maximum Gasteiger partial charge on any atom is 0.313 e. The number of thioether (sulfide) groups is 1. The number of hydrogen-bond acceptors (Lipinski definition) is 5. The topological polar surface area (TPSA) is 91.4 Å². The molecule has 0 radical (unpaired) electrons. The lowest BCUT2D eigenvalue weighted by atomic mass is 9.96. The van der Waals surface area contributed by atoms with Crippen molar-refractivity contribution in [3.05, 3.63) is 53.2 Å². The molecule has 3 rings (SSSR count). The summed E-state index contributed by atoms with van der Waals surface area (Å²) >= 11 is 1.46. The van der Waals surface area contributed by atoms with E-state index in [1.807, 2.05) is 43.2 Å². The van der Waals surface area contributed by atoms with Crippen LogP contribution in [0.5, 0.6) is 0 Å². The van der Waals surface area contributed by atoms with Crippen LogP contribution in [0, 0.1) is 19.8 Å². The molecular formula is C23H28N4O3S. The summed E-state index contributed by atoms with van der Waals surface area (Å²) in [5.41, 5.74) is 3.27. The molecule has 0 unspecified atom stereocenters. The molecule has 1 aromatic carbocycles. The van der Waals surface area contributed by atoms with Crippen molar-refractivity contribution in [2.45, 2.75) is 31.7 Å². The first-order valence-corrected chi connectivity index (χ1v) is 11.6. The Morgan fingerprint density at radius 1 is 1.10 bits per heavy atom. The van der Waals surface area contributed by atoms with Gasteiger partial charge in [0.25, 0.3) is 5.91 Å². The number of aromatic nitrogens is 1. The molecule has 1 aromatic heterocycles. The molecule has 0 atom stereocenters. The molecule has 0 saturated carbocycles. The molecular weight excluding hydrogens is 412 g/mol. The normalized spacial score (nSPS) is 14.2. The van der Waals surface area contributed by atoms with E-state index >= 15 is 0 Å². The van der Waals surface area contributed by atoms with Gasteiger partial charge in [-0.25, -0.2) is 4.98 Å². The smallest absolute Gasteiger partial charge is 0.313 e. The van der Waals surface area contributed by atoms with Crippen LogP contribution in [-0.2, 0) is 9.59 Å². The summed E-state index contributed by atoms with van der Waals surface area (Å²) in [5.74, 6) is -1.08. The molecule has 3 amide bonds. The van der Waals surface area contributed by atoms with Gasteiger partial charge in [0.05, 0.1) is 5.56 Å². The van der Waals surface area contributed by atoms with Crippen molar-refractivity contribution in [1.29, 1.82) is 0 Å². The van der Waals surface area contributed by atoms with Crippen molar-refractivity contribution in [2.75, 3.05) is 31.2 Å². The van der Waals surface area contributed by atoms with E-state index in [1.165, 1.54) is 11.8 Å². The van der Waals surface area contributed by atoms with Crippen molar-refractivity contribution in [3.8, 4) is 0 Å². The highest BCUT2D eigenvalue weighted by Crippen LogP contribution is 2.23. The lowest BCUT2D eigenvalue weighted by molar-refractivity contribution is -0.136. The van der Waals surface area contributed by atoms with Gasteiger partial charge in [-0.3, -0.25) is 14.4 Å². The van der Waals surface area contributed by atoms with Crippen LogP contribution in [0.25, 0.3) is 0 Å². The summed E-state index contributed by atoms with van der Waals surface area (Å²) in [6, 6.07) is 9.17. The zero-order valence-corrected chi connectivity index (χ0v) is 18.9. The third-order valence-corrected chi connectivity index (χ3v) is 6.42. The predicted molar refractivity (Wildman–Crippen MR) is 122 cm³/mol. The summed E-state index contributed by atoms with van der Waals surface area (Å²) in [6.07, 6.45) is 5.15. The van der Waals surface area contributed by atoms with E-state index < -0.39 is 11.8 Å². The second-order valence-electron chi connectivity index (χ2n) is 7.71. The number of carbonyl (C=O) groups is 3. The third-order valence-electron chi connectivity index (χ3n) is 5.71. The summed E-state index contributed by atoms with van der Waals surface area (Å²) < 4.78 is 0. The van der Waals surface area contributed by atoms with Crippen molar-refractivity contribution in [1.82, 2.24) is 15.2 Å². The van der Waals surface area contributed by atoms with Gasteiger partial charge in [-0.15, -0.1) is 11.8 Å². The molecule has 164 valence electrons. The fraction of sp³-hybridized carbons (Fsp3) is 0.391. The zero-order valence-electron chi connectivity index (χ0n) is 18.1. The van der Waals surface area contributed by atoms with Gasteiger partial charge >= 0.3 is 11.8 Å². The summed E-state index contributed by atoms with van der Waals surface area (Å²) in [5, 5.41) is 6.14. The molecule has 2 aromatic rings. The number of anilines is 1. The van der Waals surface area contributed by atoms with Crippen LogP contribution in [-0.4, -0.2) is 53.5 Å². The van der Waals surface area contributed by atoms with E-state index in [1.54, 1.807) is 18.3 Å². The molecule has 2 heterocycles. The second-order valence-corrected chi connectivity index (χ2v) is 8.50. The van der Waals surface area contributed by atoms with E-state index in [0.717, 1.165) is 29.0 Å². The standard InChI is InChI=1S/C23H28N4O3S/c1-15-6-4-8-19(16(15)2)26-21(29)20(28)25-14-17-9-12-27(13-10-17)23(30)18-7-5-11-24-22(18)31-3/h4-8,11,17H,9-10,12-14H2,1-3H3,(H,25,28)(H,26,29). The molecule has 1 aliphatic heterocycles. The number of pyridine rings is 1. The first kappa shape index (κ1) is 22.8. The number of amides is 3. The molecule has 7 nitrogen and oxygen atoms in total. The first-order valence-electron chi connectivity index (χ1n) is 10.3. The largest absolute Gasteiger partial charge is 0.348 e. The van der Waals surface area contributed by atoms with Gasteiger partial charge in [0.15, 0.2) is 0 Å². The van der Waals surface area contributed by atoms with Gasteiger partial charge in [-0.2, -0.15) is 0 Å². The SMILES string of the molecule is CSc1ncccc1C(=O)N1CCC(CNC(=O)C(=O)Nc2cccc(C)c2C)CC1. The molecule has 2 N–H and O–H groups in total. The molecule has 31 heavy (non-hydrogen) atoms. The highest BCUT2D eigenvalue weighted by Gasteiger charge is 2.26. The van der Waals surface area contributed by atoms with Crippen LogP contribution in [0.15, 0.2) is 41.6 Å². The van der Waals surface area contributed by atoms with Crippen LogP contribution in [0.3, 0.4) is 0 Å². The van der Waals surface area contributed by atoms with E-state index in [0.29, 0.717) is 30.9 Å². The number of nitrogens with one attached hydrogen (secondary N) is 2. The monoisotopic (exact) mass is 440 g/mol. The summed E-state index contributed by atoms with van der Waals surface area (Å²) in [6.45, 7) is 5.53. The quantitative estimate of drug-likeness (QED) is 0.551. The van der Waals surface area contributed by atoms with E-state index in [9.17, 15) is 14.4 Å². The highest BCUT2D eigenvalue weighted by atomic mass is 32.2. The van der Waals surface area contributed by atoms with Gasteiger partial charge in [0.1, 0.15) is 5.03 Å². The number of nitrogens with zero attached hydrogens (tertiary/aromatic N) is 2. The Morgan fingerprint density at radius 3 is 2.55 bits per heavy atom. The fourth-order valence-corrected chi connectivity index (χ4v) is 4.15. The number of hydrogen-bond donors (Lipinski definition) is 2. The van der Waals surface area contributed by atoms with Gasteiger partial charge < -0.3 is 15.5 Å². The fourth-order valence-electron chi connectivity index (χ4n) is 3.61. The summed E-state index contributed by atoms with van der Waals surface area (Å²) in [4.78, 5) is 43.4. The zero-order chi connectivity index (χ0) is 22.4. The lowest BCUT2D eigenvalue weighted by Crippen LogP contribution is -2.43. The van der Waals surface area contributed by atoms with Crippen LogP contribution >= 0.6 is 11.8 Å². The van der Waals surface area contributed by atoms with Crippen LogP contribution in [0.1, 0.15) is 34.3 Å². The minimum absolute atomic E-state index is 0.00663. The third kappa shape index (κ3) is 5.64. The Bertz CT molecular complexity index is 971. The number of aryl methyl sites for hydroxylation is 1. The molecule has 8 heteroatoms. The minimum atomic E-state index is -0.664. The minimum Gasteiger partial charge on any atom is -0.348 e. The Kier molecular flexibility index (Phi) is 7.68. The molecule has 0 bridgehead atoms. The highest BCUT2D eigenvalue weighted by molar-refractivity contribution is 7.98. The van der Waals surface area contributed by atoms with Crippen molar-refractivity contribution in [2.24, 2.45) is 5.92 Å². The number of benzene rings is 1. The molecule has 0 spiro atoms. The molecule has 1 aliphatic rings. The van der Waals surface area contributed by atoms with Crippen molar-refractivity contribution in [3.63, 3.8) is 0 Å². The maximum atomic E-state index is 12.8. The average Bonchev–Trinajstić information content (AvgIpc) is 2.80. The Hall–Kier alpha value is -2.87. The van der Waals surface area contributed by atoms with Gasteiger partial charge in [0, 0.05) is 31.5 Å². The Labute approximate surface area is 187 Å². The first-order chi connectivity index (χ1) is 14.9.